The summed E-state index contributed by atoms with van der Waals surface area (Å²) in [5.41, 5.74) is 5.70. The van der Waals surface area contributed by atoms with Gasteiger partial charge in [0, 0.05) is 33.4 Å². The monoisotopic (exact) mass is 602 g/mol. The number of nitro benzene ring substituents is 1. The van der Waals surface area contributed by atoms with Crippen molar-refractivity contribution in [1.82, 2.24) is 5.43 Å². The number of ether oxygens (including phenoxy) is 1. The molecule has 0 aliphatic carbocycles. The summed E-state index contributed by atoms with van der Waals surface area (Å²) in [5.74, 6) is -0.513. The van der Waals surface area contributed by atoms with E-state index in [1.807, 2.05) is 32.0 Å². The fourth-order valence-electron chi connectivity index (χ4n) is 3.00. The molecule has 3 rings (SSSR count). The van der Waals surface area contributed by atoms with Crippen molar-refractivity contribution in [2.75, 3.05) is 11.9 Å². The minimum Gasteiger partial charge on any atom is -0.482 e. The molecule has 0 bridgehead atoms. The second kappa shape index (κ2) is 11.7. The lowest BCUT2D eigenvalue weighted by Gasteiger charge is -2.13. The number of nitrogens with one attached hydrogen (secondary N) is 2. The predicted molar refractivity (Wildman–Crippen MR) is 140 cm³/mol. The molecule has 0 aromatic heterocycles. The van der Waals surface area contributed by atoms with Crippen LogP contribution in [-0.2, 0) is 4.79 Å². The molecule has 0 aliphatic heterocycles. The third-order valence-corrected chi connectivity index (χ3v) is 6.02. The maximum Gasteiger partial charge on any atom is 0.271 e. The zero-order valence-corrected chi connectivity index (χ0v) is 21.8. The fraction of sp³-hybridized carbons (Fsp3) is 0.125. The van der Waals surface area contributed by atoms with Crippen molar-refractivity contribution in [1.29, 1.82) is 0 Å². The Bertz CT molecular complexity index is 1310. The van der Waals surface area contributed by atoms with E-state index in [1.54, 1.807) is 12.1 Å². The van der Waals surface area contributed by atoms with Crippen molar-refractivity contribution in [3.8, 4) is 5.75 Å². The molecule has 0 saturated carbocycles. The van der Waals surface area contributed by atoms with Crippen LogP contribution in [0.25, 0.3) is 0 Å². The number of nitrogens with zero attached hydrogens (tertiary/aromatic N) is 2. The predicted octanol–water partition coefficient (Wildman–Crippen LogP) is 5.52. The van der Waals surface area contributed by atoms with Gasteiger partial charge in [0.2, 0.25) is 0 Å². The Labute approximate surface area is 218 Å². The van der Waals surface area contributed by atoms with Crippen molar-refractivity contribution >= 4 is 61.3 Å². The van der Waals surface area contributed by atoms with Crippen LogP contribution in [0.1, 0.15) is 27.0 Å². The van der Waals surface area contributed by atoms with Crippen molar-refractivity contribution in [2.24, 2.45) is 5.10 Å². The first-order chi connectivity index (χ1) is 16.7. The number of aryl methyl sites for hydroxylation is 1. The molecule has 11 heteroatoms. The zero-order valence-electron chi connectivity index (χ0n) is 18.7. The number of nitro groups is 1. The lowest BCUT2D eigenvalue weighted by Crippen LogP contribution is -2.21. The van der Waals surface area contributed by atoms with E-state index in [0.29, 0.717) is 21.5 Å². The van der Waals surface area contributed by atoms with Gasteiger partial charge >= 0.3 is 0 Å². The first-order valence-electron chi connectivity index (χ1n) is 10.2. The van der Waals surface area contributed by atoms with Gasteiger partial charge < -0.3 is 10.1 Å². The van der Waals surface area contributed by atoms with Gasteiger partial charge in [-0.15, -0.1) is 0 Å². The highest BCUT2D eigenvalue weighted by Gasteiger charge is 2.13. The van der Waals surface area contributed by atoms with E-state index in [4.69, 9.17) is 4.74 Å². The number of halogens is 2. The Morgan fingerprint density at radius 1 is 1.11 bits per heavy atom. The van der Waals surface area contributed by atoms with Crippen LogP contribution < -0.4 is 15.5 Å². The van der Waals surface area contributed by atoms with Gasteiger partial charge in [0.25, 0.3) is 17.5 Å². The Kier molecular flexibility index (Phi) is 8.72. The number of hydrogen-bond donors (Lipinski definition) is 2. The molecule has 2 amide bonds. The Morgan fingerprint density at radius 2 is 1.83 bits per heavy atom. The second-order valence-electron chi connectivity index (χ2n) is 7.39. The molecule has 3 aromatic carbocycles. The molecule has 0 unspecified atom stereocenters. The van der Waals surface area contributed by atoms with Gasteiger partial charge in [-0.3, -0.25) is 19.7 Å². The number of non-ortho nitro benzene ring substituents is 1. The molecule has 3 aromatic rings. The summed E-state index contributed by atoms with van der Waals surface area (Å²) in [6.45, 7) is 3.65. The number of carbonyl (C=O) groups is 2. The van der Waals surface area contributed by atoms with E-state index in [2.05, 4.69) is 47.7 Å². The minimum atomic E-state index is -0.547. The third kappa shape index (κ3) is 6.96. The maximum absolute atomic E-state index is 12.5. The quantitative estimate of drug-likeness (QED) is 0.199. The van der Waals surface area contributed by atoms with Gasteiger partial charge in [0.1, 0.15) is 5.75 Å². The lowest BCUT2D eigenvalue weighted by molar-refractivity contribution is -0.384. The molecule has 0 heterocycles. The highest BCUT2D eigenvalue weighted by atomic mass is 79.9. The first kappa shape index (κ1) is 26.0. The molecule has 35 heavy (non-hydrogen) atoms. The van der Waals surface area contributed by atoms with Crippen LogP contribution in [-0.4, -0.2) is 29.6 Å². The molecule has 0 spiro atoms. The molecule has 0 radical (unpaired) electrons. The van der Waals surface area contributed by atoms with Gasteiger partial charge in [0.15, 0.2) is 6.61 Å². The van der Waals surface area contributed by atoms with Gasteiger partial charge in [-0.25, -0.2) is 5.43 Å². The molecule has 0 atom stereocenters. The van der Waals surface area contributed by atoms with Gasteiger partial charge in [-0.2, -0.15) is 5.10 Å². The molecule has 9 nitrogen and oxygen atoms in total. The number of carbonyl (C=O) groups excluding carboxylic acids is 2. The van der Waals surface area contributed by atoms with Crippen LogP contribution in [0.3, 0.4) is 0 Å². The average molecular weight is 604 g/mol. The number of hydrogen-bond acceptors (Lipinski definition) is 6. The molecule has 2 N–H and O–H groups in total. The summed E-state index contributed by atoms with van der Waals surface area (Å²) in [4.78, 5) is 35.0. The maximum atomic E-state index is 12.5. The molecule has 0 saturated heterocycles. The van der Waals surface area contributed by atoms with E-state index in [-0.39, 0.29) is 23.8 Å². The van der Waals surface area contributed by atoms with E-state index in [9.17, 15) is 19.7 Å². The zero-order chi connectivity index (χ0) is 25.5. The summed E-state index contributed by atoms with van der Waals surface area (Å²) in [6, 6.07) is 14.3. The number of benzene rings is 3. The number of anilines is 1. The molecule has 0 aliphatic rings. The van der Waals surface area contributed by atoms with Crippen LogP contribution in [0.2, 0.25) is 0 Å². The number of amides is 2. The van der Waals surface area contributed by atoms with Crippen LogP contribution in [0, 0.1) is 24.0 Å². The summed E-state index contributed by atoms with van der Waals surface area (Å²) in [5, 5.41) is 17.5. The lowest BCUT2D eigenvalue weighted by atomic mass is 10.1. The van der Waals surface area contributed by atoms with Gasteiger partial charge in [-0.05, 0) is 71.2 Å². The Morgan fingerprint density at radius 3 is 2.51 bits per heavy atom. The summed E-state index contributed by atoms with van der Waals surface area (Å²) in [7, 11) is 0. The standard InChI is InChI=1S/C24H20Br2N4O5/c1-14-4-3-5-21(15(14)2)28-22(31)13-35-23-17(10-18(25)11-20(23)26)12-27-29-24(32)16-6-8-19(9-7-16)30(33)34/h3-12H,13H2,1-2H3,(H,28,31)(H,29,32)/b27-12+. The number of hydrazone groups is 1. The minimum absolute atomic E-state index is 0.118. The van der Waals surface area contributed by atoms with Gasteiger partial charge in [0.05, 0.1) is 15.6 Å². The number of rotatable bonds is 8. The van der Waals surface area contributed by atoms with Crippen LogP contribution >= 0.6 is 31.9 Å². The highest BCUT2D eigenvalue weighted by molar-refractivity contribution is 9.11. The largest absolute Gasteiger partial charge is 0.482 e. The van der Waals surface area contributed by atoms with E-state index < -0.39 is 10.8 Å². The van der Waals surface area contributed by atoms with Crippen molar-refractivity contribution in [3.05, 3.63) is 95.9 Å². The first-order valence-corrected chi connectivity index (χ1v) is 11.8. The smallest absolute Gasteiger partial charge is 0.271 e. The van der Waals surface area contributed by atoms with Gasteiger partial charge in [-0.1, -0.05) is 28.1 Å². The molecule has 180 valence electrons. The van der Waals surface area contributed by atoms with E-state index in [0.717, 1.165) is 15.6 Å². The fourth-order valence-corrected chi connectivity index (χ4v) is 4.37. The average Bonchev–Trinajstić information content (AvgIpc) is 2.81. The Balaban J connectivity index is 1.68. The van der Waals surface area contributed by atoms with Crippen molar-refractivity contribution < 1.29 is 19.2 Å². The summed E-state index contributed by atoms with van der Waals surface area (Å²) >= 11 is 6.81. The summed E-state index contributed by atoms with van der Waals surface area (Å²) in [6.07, 6.45) is 1.37. The molecular weight excluding hydrogens is 584 g/mol. The SMILES string of the molecule is Cc1cccc(NC(=O)COc2c(Br)cc(Br)cc2/C=N/NC(=O)c2ccc([N+](=O)[O-])cc2)c1C. The molecular formula is C24H20Br2N4O5. The van der Waals surface area contributed by atoms with Crippen LogP contribution in [0.4, 0.5) is 11.4 Å². The Hall–Kier alpha value is -3.57. The normalized spacial score (nSPS) is 10.7. The topological polar surface area (TPSA) is 123 Å². The third-order valence-electron chi connectivity index (χ3n) is 4.97. The highest BCUT2D eigenvalue weighted by Crippen LogP contribution is 2.32. The van der Waals surface area contributed by atoms with Crippen molar-refractivity contribution in [3.63, 3.8) is 0 Å². The van der Waals surface area contributed by atoms with E-state index in [1.165, 1.54) is 30.5 Å². The van der Waals surface area contributed by atoms with Crippen LogP contribution in [0.15, 0.2) is 68.6 Å². The van der Waals surface area contributed by atoms with Crippen molar-refractivity contribution in [2.45, 2.75) is 13.8 Å². The van der Waals surface area contributed by atoms with E-state index >= 15 is 0 Å². The second-order valence-corrected chi connectivity index (χ2v) is 9.16. The summed E-state index contributed by atoms with van der Waals surface area (Å²) < 4.78 is 7.06. The van der Waals surface area contributed by atoms with Crippen LogP contribution in [0.5, 0.6) is 5.75 Å². The molecule has 0 fully saturated rings.